The SMILES string of the molecule is Cc1ccccc1C1CN(c2c([N+](=O)[O-])c(C)nn2C)CCO1. The molecule has 122 valence electrons. The molecule has 2 aromatic rings. The van der Waals surface area contributed by atoms with Gasteiger partial charge in [-0.25, -0.2) is 4.68 Å². The Labute approximate surface area is 134 Å². The molecular formula is C16H20N4O3. The number of rotatable bonds is 3. The Morgan fingerprint density at radius 3 is 2.78 bits per heavy atom. The largest absolute Gasteiger partial charge is 0.370 e. The van der Waals surface area contributed by atoms with Crippen molar-refractivity contribution >= 4 is 11.5 Å². The van der Waals surface area contributed by atoms with Gasteiger partial charge in [-0.2, -0.15) is 5.10 Å². The molecule has 1 saturated heterocycles. The van der Waals surface area contributed by atoms with E-state index >= 15 is 0 Å². The third kappa shape index (κ3) is 2.79. The van der Waals surface area contributed by atoms with Gasteiger partial charge in [-0.05, 0) is 25.0 Å². The van der Waals surface area contributed by atoms with Crippen molar-refractivity contribution in [3.63, 3.8) is 0 Å². The quantitative estimate of drug-likeness (QED) is 0.642. The van der Waals surface area contributed by atoms with E-state index < -0.39 is 0 Å². The van der Waals surface area contributed by atoms with E-state index in [2.05, 4.69) is 5.10 Å². The van der Waals surface area contributed by atoms with Gasteiger partial charge >= 0.3 is 5.69 Å². The third-order valence-electron chi connectivity index (χ3n) is 4.24. The van der Waals surface area contributed by atoms with Gasteiger partial charge in [-0.1, -0.05) is 24.3 Å². The van der Waals surface area contributed by atoms with Crippen molar-refractivity contribution in [2.45, 2.75) is 20.0 Å². The van der Waals surface area contributed by atoms with Gasteiger partial charge in [0.25, 0.3) is 0 Å². The van der Waals surface area contributed by atoms with Crippen LogP contribution in [0.25, 0.3) is 0 Å². The van der Waals surface area contributed by atoms with E-state index in [1.807, 2.05) is 36.1 Å². The van der Waals surface area contributed by atoms with Gasteiger partial charge in [0, 0.05) is 13.6 Å². The van der Waals surface area contributed by atoms with E-state index in [-0.39, 0.29) is 16.7 Å². The monoisotopic (exact) mass is 316 g/mol. The fourth-order valence-corrected chi connectivity index (χ4v) is 3.18. The molecule has 1 aliphatic heterocycles. The van der Waals surface area contributed by atoms with Crippen molar-refractivity contribution < 1.29 is 9.66 Å². The Bertz CT molecular complexity index is 741. The number of benzene rings is 1. The molecule has 0 radical (unpaired) electrons. The van der Waals surface area contributed by atoms with Gasteiger partial charge in [0.05, 0.1) is 18.1 Å². The van der Waals surface area contributed by atoms with Gasteiger partial charge in [-0.15, -0.1) is 0 Å². The number of morpholine rings is 1. The molecule has 1 fully saturated rings. The van der Waals surface area contributed by atoms with E-state index in [0.717, 1.165) is 11.1 Å². The molecule has 0 bridgehead atoms. The minimum Gasteiger partial charge on any atom is -0.370 e. The van der Waals surface area contributed by atoms with E-state index in [4.69, 9.17) is 4.74 Å². The summed E-state index contributed by atoms with van der Waals surface area (Å²) in [7, 11) is 1.74. The van der Waals surface area contributed by atoms with Crippen LogP contribution in [0, 0.1) is 24.0 Å². The molecule has 0 N–H and O–H groups in total. The molecule has 0 saturated carbocycles. The van der Waals surface area contributed by atoms with Crippen LogP contribution in [0.2, 0.25) is 0 Å². The lowest BCUT2D eigenvalue weighted by Gasteiger charge is -2.34. The van der Waals surface area contributed by atoms with Crippen molar-refractivity contribution in [2.75, 3.05) is 24.6 Å². The van der Waals surface area contributed by atoms with Gasteiger partial charge in [0.2, 0.25) is 5.82 Å². The minimum absolute atomic E-state index is 0.0814. The average Bonchev–Trinajstić information content (AvgIpc) is 2.82. The zero-order valence-electron chi connectivity index (χ0n) is 13.5. The lowest BCUT2D eigenvalue weighted by molar-refractivity contribution is -0.384. The molecular weight excluding hydrogens is 296 g/mol. The van der Waals surface area contributed by atoms with E-state index in [0.29, 0.717) is 31.2 Å². The highest BCUT2D eigenvalue weighted by Crippen LogP contribution is 2.34. The lowest BCUT2D eigenvalue weighted by atomic mass is 10.0. The summed E-state index contributed by atoms with van der Waals surface area (Å²) in [6.07, 6.45) is -0.0974. The normalized spacial score (nSPS) is 18.2. The number of aryl methyl sites for hydroxylation is 3. The molecule has 0 spiro atoms. The highest BCUT2D eigenvalue weighted by atomic mass is 16.6. The van der Waals surface area contributed by atoms with Crippen molar-refractivity contribution in [3.8, 4) is 0 Å². The van der Waals surface area contributed by atoms with Crippen LogP contribution >= 0.6 is 0 Å². The second kappa shape index (κ2) is 6.00. The maximum absolute atomic E-state index is 11.4. The van der Waals surface area contributed by atoms with Gasteiger partial charge in [0.15, 0.2) is 0 Å². The van der Waals surface area contributed by atoms with Crippen LogP contribution < -0.4 is 4.90 Å². The molecule has 7 heteroatoms. The van der Waals surface area contributed by atoms with Crippen LogP contribution in [-0.4, -0.2) is 34.4 Å². The Morgan fingerprint density at radius 1 is 1.35 bits per heavy atom. The zero-order chi connectivity index (χ0) is 16.6. The Hall–Kier alpha value is -2.41. The Balaban J connectivity index is 1.94. The summed E-state index contributed by atoms with van der Waals surface area (Å²) in [5, 5.41) is 15.6. The van der Waals surface area contributed by atoms with Crippen LogP contribution in [0.4, 0.5) is 11.5 Å². The Morgan fingerprint density at radius 2 is 2.09 bits per heavy atom. The average molecular weight is 316 g/mol. The van der Waals surface area contributed by atoms with Crippen molar-refractivity contribution in [3.05, 3.63) is 51.2 Å². The molecule has 3 rings (SSSR count). The summed E-state index contributed by atoms with van der Waals surface area (Å²) in [4.78, 5) is 13.0. The molecule has 0 amide bonds. The van der Waals surface area contributed by atoms with Crippen molar-refractivity contribution in [2.24, 2.45) is 7.05 Å². The minimum atomic E-state index is -0.351. The molecule has 2 heterocycles. The number of anilines is 1. The number of hydrogen-bond donors (Lipinski definition) is 0. The lowest BCUT2D eigenvalue weighted by Crippen LogP contribution is -2.39. The summed E-state index contributed by atoms with van der Waals surface area (Å²) in [6, 6.07) is 8.08. The third-order valence-corrected chi connectivity index (χ3v) is 4.24. The predicted octanol–water partition coefficient (Wildman–Crippen LogP) is 2.52. The second-order valence-corrected chi connectivity index (χ2v) is 5.80. The zero-order valence-corrected chi connectivity index (χ0v) is 13.5. The smallest absolute Gasteiger partial charge is 0.333 e. The Kier molecular flexibility index (Phi) is 4.04. The first-order valence-corrected chi connectivity index (χ1v) is 7.59. The van der Waals surface area contributed by atoms with Crippen LogP contribution in [0.15, 0.2) is 24.3 Å². The maximum atomic E-state index is 11.4. The fraction of sp³-hybridized carbons (Fsp3) is 0.438. The van der Waals surface area contributed by atoms with Crippen molar-refractivity contribution in [1.29, 1.82) is 0 Å². The van der Waals surface area contributed by atoms with Gasteiger partial charge in [-0.3, -0.25) is 10.1 Å². The van der Waals surface area contributed by atoms with Crippen molar-refractivity contribution in [1.82, 2.24) is 9.78 Å². The molecule has 1 aromatic carbocycles. The summed E-state index contributed by atoms with van der Waals surface area (Å²) in [5.41, 5.74) is 2.80. The highest BCUT2D eigenvalue weighted by Gasteiger charge is 2.32. The van der Waals surface area contributed by atoms with Crippen LogP contribution in [0.5, 0.6) is 0 Å². The second-order valence-electron chi connectivity index (χ2n) is 5.80. The molecule has 23 heavy (non-hydrogen) atoms. The first-order valence-electron chi connectivity index (χ1n) is 7.59. The first kappa shape index (κ1) is 15.5. The number of nitro groups is 1. The predicted molar refractivity (Wildman–Crippen MR) is 86.7 cm³/mol. The van der Waals surface area contributed by atoms with Crippen LogP contribution in [0.3, 0.4) is 0 Å². The summed E-state index contributed by atoms with van der Waals surface area (Å²) >= 11 is 0. The summed E-state index contributed by atoms with van der Waals surface area (Å²) < 4.78 is 7.49. The number of nitrogens with zero attached hydrogens (tertiary/aromatic N) is 4. The number of aromatic nitrogens is 2. The maximum Gasteiger partial charge on any atom is 0.333 e. The summed E-state index contributed by atoms with van der Waals surface area (Å²) in [6.45, 7) is 5.43. The highest BCUT2D eigenvalue weighted by molar-refractivity contribution is 5.61. The van der Waals surface area contributed by atoms with E-state index in [1.54, 1.807) is 18.7 Å². The fourth-order valence-electron chi connectivity index (χ4n) is 3.18. The molecule has 1 aromatic heterocycles. The number of ether oxygens (including phenoxy) is 1. The number of hydrogen-bond acceptors (Lipinski definition) is 5. The standard InChI is InChI=1S/C16H20N4O3/c1-11-6-4-5-7-13(11)14-10-19(8-9-23-14)16-15(20(21)22)12(2)17-18(16)3/h4-7,14H,8-10H2,1-3H3. The van der Waals surface area contributed by atoms with Crippen LogP contribution in [0.1, 0.15) is 22.9 Å². The van der Waals surface area contributed by atoms with Gasteiger partial charge in [0.1, 0.15) is 11.8 Å². The van der Waals surface area contributed by atoms with Gasteiger partial charge < -0.3 is 9.64 Å². The van der Waals surface area contributed by atoms with E-state index in [9.17, 15) is 10.1 Å². The topological polar surface area (TPSA) is 73.4 Å². The molecule has 1 unspecified atom stereocenters. The van der Waals surface area contributed by atoms with E-state index in [1.165, 1.54) is 0 Å². The molecule has 1 atom stereocenters. The molecule has 1 aliphatic rings. The first-order chi connectivity index (χ1) is 11.0. The molecule has 0 aliphatic carbocycles. The summed E-state index contributed by atoms with van der Waals surface area (Å²) in [5.74, 6) is 0.550. The van der Waals surface area contributed by atoms with Crippen LogP contribution in [-0.2, 0) is 11.8 Å². The molecule has 7 nitrogen and oxygen atoms in total.